The van der Waals surface area contributed by atoms with Crippen molar-refractivity contribution in [1.82, 2.24) is 4.90 Å². The minimum Gasteiger partial charge on any atom is -0.445 e. The summed E-state index contributed by atoms with van der Waals surface area (Å²) in [6, 6.07) is 9.56. The zero-order chi connectivity index (χ0) is 12.3. The number of aliphatic hydroxyl groups is 1. The molecule has 4 nitrogen and oxygen atoms in total. The minimum absolute atomic E-state index is 0.124. The second kappa shape index (κ2) is 5.19. The van der Waals surface area contributed by atoms with E-state index in [1.807, 2.05) is 37.3 Å². The number of carbonyl (C=O) groups excluding carboxylic acids is 1. The summed E-state index contributed by atoms with van der Waals surface area (Å²) in [5.41, 5.74) is 0.966. The van der Waals surface area contributed by atoms with E-state index in [9.17, 15) is 9.90 Å². The van der Waals surface area contributed by atoms with Gasteiger partial charge in [-0.15, -0.1) is 0 Å². The van der Waals surface area contributed by atoms with Gasteiger partial charge in [0, 0.05) is 12.5 Å². The van der Waals surface area contributed by atoms with Gasteiger partial charge < -0.3 is 14.7 Å². The van der Waals surface area contributed by atoms with Crippen LogP contribution in [0.15, 0.2) is 30.3 Å². The Balaban J connectivity index is 1.82. The lowest BCUT2D eigenvalue weighted by Crippen LogP contribution is -2.30. The first-order chi connectivity index (χ1) is 8.16. The largest absolute Gasteiger partial charge is 0.445 e. The van der Waals surface area contributed by atoms with Gasteiger partial charge in [0.1, 0.15) is 6.61 Å². The molecule has 1 heterocycles. The maximum Gasteiger partial charge on any atom is 0.410 e. The molecule has 0 unspecified atom stereocenters. The van der Waals surface area contributed by atoms with Crippen molar-refractivity contribution in [3.8, 4) is 0 Å². The molecule has 0 spiro atoms. The monoisotopic (exact) mass is 235 g/mol. The molecule has 4 heteroatoms. The molecule has 1 amide bonds. The molecule has 0 saturated carbocycles. The van der Waals surface area contributed by atoms with Crippen molar-refractivity contribution in [3.05, 3.63) is 35.9 Å². The number of rotatable bonds is 2. The Hall–Kier alpha value is -1.55. The molecule has 1 N–H and O–H groups in total. The number of hydrogen-bond acceptors (Lipinski definition) is 3. The van der Waals surface area contributed by atoms with E-state index < -0.39 is 6.10 Å². The fourth-order valence-electron chi connectivity index (χ4n) is 1.91. The molecular weight excluding hydrogens is 218 g/mol. The van der Waals surface area contributed by atoms with Gasteiger partial charge in [-0.25, -0.2) is 4.79 Å². The normalized spacial score (nSPS) is 23.8. The van der Waals surface area contributed by atoms with Crippen molar-refractivity contribution in [2.75, 3.05) is 13.1 Å². The third-order valence-corrected chi connectivity index (χ3v) is 3.04. The van der Waals surface area contributed by atoms with Gasteiger partial charge in [-0.3, -0.25) is 0 Å². The van der Waals surface area contributed by atoms with E-state index >= 15 is 0 Å². The van der Waals surface area contributed by atoms with E-state index in [0.29, 0.717) is 13.1 Å². The third-order valence-electron chi connectivity index (χ3n) is 3.04. The smallest absolute Gasteiger partial charge is 0.410 e. The molecule has 92 valence electrons. The Morgan fingerprint density at radius 3 is 2.71 bits per heavy atom. The van der Waals surface area contributed by atoms with Crippen molar-refractivity contribution in [1.29, 1.82) is 0 Å². The predicted octanol–water partition coefficient (Wildman–Crippen LogP) is 1.64. The third kappa shape index (κ3) is 2.97. The van der Waals surface area contributed by atoms with E-state index in [4.69, 9.17) is 4.74 Å². The summed E-state index contributed by atoms with van der Waals surface area (Å²) in [4.78, 5) is 13.3. The molecule has 1 aromatic rings. The van der Waals surface area contributed by atoms with Crippen LogP contribution in [0.25, 0.3) is 0 Å². The lowest BCUT2D eigenvalue weighted by atomic mass is 10.1. The van der Waals surface area contributed by atoms with Gasteiger partial charge in [-0.2, -0.15) is 0 Å². The Kier molecular flexibility index (Phi) is 3.64. The van der Waals surface area contributed by atoms with Gasteiger partial charge in [-0.1, -0.05) is 37.3 Å². The average molecular weight is 235 g/mol. The zero-order valence-corrected chi connectivity index (χ0v) is 9.87. The van der Waals surface area contributed by atoms with Crippen LogP contribution in [0, 0.1) is 5.92 Å². The summed E-state index contributed by atoms with van der Waals surface area (Å²) in [5.74, 6) is 0.124. The average Bonchev–Trinajstić information content (AvgIpc) is 2.68. The lowest BCUT2D eigenvalue weighted by molar-refractivity contribution is 0.0968. The summed E-state index contributed by atoms with van der Waals surface area (Å²) in [6.45, 7) is 3.14. The van der Waals surface area contributed by atoms with Crippen LogP contribution in [-0.2, 0) is 11.3 Å². The zero-order valence-electron chi connectivity index (χ0n) is 9.87. The first-order valence-corrected chi connectivity index (χ1v) is 5.80. The van der Waals surface area contributed by atoms with Crippen LogP contribution < -0.4 is 0 Å². The molecule has 1 aliphatic heterocycles. The Bertz CT molecular complexity index is 370. The number of ether oxygens (including phenoxy) is 1. The number of nitrogens with zero attached hydrogens (tertiary/aromatic N) is 1. The molecule has 2 rings (SSSR count). The molecule has 2 atom stereocenters. The highest BCUT2D eigenvalue weighted by atomic mass is 16.6. The van der Waals surface area contributed by atoms with Crippen LogP contribution in [0.3, 0.4) is 0 Å². The number of aliphatic hydroxyl groups excluding tert-OH is 1. The van der Waals surface area contributed by atoms with Gasteiger partial charge in [0.2, 0.25) is 0 Å². The second-order valence-corrected chi connectivity index (χ2v) is 4.49. The Morgan fingerprint density at radius 2 is 2.12 bits per heavy atom. The van der Waals surface area contributed by atoms with Crippen molar-refractivity contribution in [3.63, 3.8) is 0 Å². The van der Waals surface area contributed by atoms with Crippen LogP contribution in [0.2, 0.25) is 0 Å². The summed E-state index contributed by atoms with van der Waals surface area (Å²) < 4.78 is 5.18. The SMILES string of the molecule is C[C@@H]1CN(C(=O)OCc2ccccc2)C[C@@H]1O. The van der Waals surface area contributed by atoms with Gasteiger partial charge in [0.25, 0.3) is 0 Å². The molecule has 0 aliphatic carbocycles. The van der Waals surface area contributed by atoms with Crippen LogP contribution in [0.5, 0.6) is 0 Å². The van der Waals surface area contributed by atoms with E-state index in [2.05, 4.69) is 0 Å². The van der Waals surface area contributed by atoms with Gasteiger partial charge in [0.05, 0.1) is 12.6 Å². The quantitative estimate of drug-likeness (QED) is 0.847. The number of amides is 1. The molecule has 1 saturated heterocycles. The molecule has 1 aromatic carbocycles. The summed E-state index contributed by atoms with van der Waals surface area (Å²) in [5, 5.41) is 9.55. The number of likely N-dealkylation sites (tertiary alicyclic amines) is 1. The van der Waals surface area contributed by atoms with E-state index in [0.717, 1.165) is 5.56 Å². The van der Waals surface area contributed by atoms with Gasteiger partial charge in [0.15, 0.2) is 0 Å². The Morgan fingerprint density at radius 1 is 1.41 bits per heavy atom. The highest BCUT2D eigenvalue weighted by Gasteiger charge is 2.31. The van der Waals surface area contributed by atoms with E-state index in [-0.39, 0.29) is 18.6 Å². The molecule has 0 aromatic heterocycles. The second-order valence-electron chi connectivity index (χ2n) is 4.49. The van der Waals surface area contributed by atoms with Crippen molar-refractivity contribution < 1.29 is 14.6 Å². The maximum absolute atomic E-state index is 11.7. The molecule has 0 bridgehead atoms. The van der Waals surface area contributed by atoms with E-state index in [1.165, 1.54) is 0 Å². The highest BCUT2D eigenvalue weighted by Crippen LogP contribution is 2.17. The summed E-state index contributed by atoms with van der Waals surface area (Å²) >= 11 is 0. The first-order valence-electron chi connectivity index (χ1n) is 5.80. The first kappa shape index (κ1) is 11.9. The summed E-state index contributed by atoms with van der Waals surface area (Å²) in [7, 11) is 0. The van der Waals surface area contributed by atoms with Crippen molar-refractivity contribution in [2.24, 2.45) is 5.92 Å². The molecule has 17 heavy (non-hydrogen) atoms. The molecule has 1 aliphatic rings. The Labute approximate surface area is 101 Å². The molecule has 0 radical (unpaired) electrons. The van der Waals surface area contributed by atoms with Crippen LogP contribution in [0.1, 0.15) is 12.5 Å². The minimum atomic E-state index is -0.431. The van der Waals surface area contributed by atoms with Gasteiger partial charge >= 0.3 is 6.09 Å². The number of benzene rings is 1. The number of β-amino-alcohol motifs (C(OH)–C–C–N with tert-alkyl or cyclic N) is 1. The summed E-state index contributed by atoms with van der Waals surface area (Å²) in [6.07, 6.45) is -0.781. The fourth-order valence-corrected chi connectivity index (χ4v) is 1.91. The topological polar surface area (TPSA) is 49.8 Å². The van der Waals surface area contributed by atoms with Crippen molar-refractivity contribution >= 4 is 6.09 Å². The lowest BCUT2D eigenvalue weighted by Gasteiger charge is -2.15. The fraction of sp³-hybridized carbons (Fsp3) is 0.462. The van der Waals surface area contributed by atoms with Gasteiger partial charge in [-0.05, 0) is 5.56 Å². The van der Waals surface area contributed by atoms with Crippen LogP contribution in [-0.4, -0.2) is 35.3 Å². The van der Waals surface area contributed by atoms with E-state index in [1.54, 1.807) is 4.90 Å². The predicted molar refractivity (Wildman–Crippen MR) is 63.4 cm³/mol. The molecular formula is C13H17NO3. The number of carbonyl (C=O) groups is 1. The number of hydrogen-bond donors (Lipinski definition) is 1. The highest BCUT2D eigenvalue weighted by molar-refractivity contribution is 5.68. The van der Waals surface area contributed by atoms with Crippen LogP contribution in [0.4, 0.5) is 4.79 Å². The molecule has 1 fully saturated rings. The standard InChI is InChI=1S/C13H17NO3/c1-10-7-14(8-12(10)15)13(16)17-9-11-5-3-2-4-6-11/h2-6,10,12,15H,7-9H2,1H3/t10-,12+/m1/s1. The van der Waals surface area contributed by atoms with Crippen LogP contribution >= 0.6 is 0 Å². The van der Waals surface area contributed by atoms with Crippen molar-refractivity contribution in [2.45, 2.75) is 19.6 Å². The maximum atomic E-state index is 11.7.